The number of quaternary nitrogens is 1. The molecule has 356 valence electrons. The SMILES string of the molecule is CC/C=C/C=C/C=C/CCCCCCCCCC(=O)OC(COCCC(C(=O)[O-])[N+](C)(C)C)COC(=O)CCCCCCCCCCCCCCC/C=C/C/C=C/C/C=C/CC. The van der Waals surface area contributed by atoms with Crippen molar-refractivity contribution in [1.82, 2.24) is 0 Å². The van der Waals surface area contributed by atoms with Crippen molar-refractivity contribution >= 4 is 17.9 Å². The standard InChI is InChI=1S/C54H93NO7/c1-6-8-10-12-14-16-18-20-22-23-24-25-26-27-28-29-31-32-34-36-38-40-42-44-52(56)61-49-50(48-60-47-46-51(54(58)59)55(3,4)5)62-53(57)45-43-41-39-37-35-33-30-21-19-17-15-13-11-9-7-2/h8-11,13-17,19-20,22,50-51H,6-7,12,18,21,23-49H2,1-5H3/b10-8+,11-9+,15-13+,16-14+,19-17+,22-20+. The molecule has 0 saturated heterocycles. The summed E-state index contributed by atoms with van der Waals surface area (Å²) in [5.74, 6) is -1.75. The molecule has 0 spiro atoms. The lowest BCUT2D eigenvalue weighted by molar-refractivity contribution is -0.889. The zero-order chi connectivity index (χ0) is 45.6. The summed E-state index contributed by atoms with van der Waals surface area (Å²) in [5.41, 5.74) is 0. The molecular formula is C54H93NO7. The van der Waals surface area contributed by atoms with Gasteiger partial charge in [0.2, 0.25) is 0 Å². The number of esters is 2. The molecule has 0 saturated carbocycles. The predicted molar refractivity (Wildman–Crippen MR) is 259 cm³/mol. The Bertz CT molecular complexity index is 1240. The molecule has 2 atom stereocenters. The van der Waals surface area contributed by atoms with Crippen LogP contribution in [0.25, 0.3) is 0 Å². The van der Waals surface area contributed by atoms with E-state index in [4.69, 9.17) is 14.2 Å². The van der Waals surface area contributed by atoms with Gasteiger partial charge >= 0.3 is 11.9 Å². The third-order valence-electron chi connectivity index (χ3n) is 10.9. The maximum absolute atomic E-state index is 12.8. The van der Waals surface area contributed by atoms with Gasteiger partial charge in [-0.05, 0) is 64.2 Å². The molecular weight excluding hydrogens is 775 g/mol. The summed E-state index contributed by atoms with van der Waals surface area (Å²) in [7, 11) is 5.40. The van der Waals surface area contributed by atoms with Gasteiger partial charge in [0.1, 0.15) is 12.6 Å². The average molecular weight is 868 g/mol. The highest BCUT2D eigenvalue weighted by Crippen LogP contribution is 2.15. The zero-order valence-electron chi connectivity index (χ0n) is 40.5. The summed E-state index contributed by atoms with van der Waals surface area (Å²) in [4.78, 5) is 37.0. The molecule has 8 nitrogen and oxygen atoms in total. The molecule has 0 amide bonds. The average Bonchev–Trinajstić information content (AvgIpc) is 3.23. The highest BCUT2D eigenvalue weighted by atomic mass is 16.6. The maximum Gasteiger partial charge on any atom is 0.306 e. The molecule has 0 aliphatic rings. The summed E-state index contributed by atoms with van der Waals surface area (Å²) in [6.07, 6.45) is 56.5. The number of unbranched alkanes of at least 4 members (excludes halogenated alkanes) is 20. The number of carbonyl (C=O) groups excluding carboxylic acids is 3. The topological polar surface area (TPSA) is 102 Å². The van der Waals surface area contributed by atoms with Crippen LogP contribution in [0, 0.1) is 0 Å². The van der Waals surface area contributed by atoms with Crippen LogP contribution < -0.4 is 5.11 Å². The van der Waals surface area contributed by atoms with Crippen LogP contribution in [0.4, 0.5) is 0 Å². The maximum atomic E-state index is 12.8. The number of allylic oxidation sites excluding steroid dienone is 12. The number of carbonyl (C=O) groups is 3. The van der Waals surface area contributed by atoms with Gasteiger partial charge in [-0.1, -0.05) is 189 Å². The number of carboxylic acids is 1. The van der Waals surface area contributed by atoms with E-state index in [2.05, 4.69) is 86.8 Å². The van der Waals surface area contributed by atoms with E-state index in [1.54, 1.807) is 21.1 Å². The van der Waals surface area contributed by atoms with Gasteiger partial charge in [0.15, 0.2) is 6.10 Å². The molecule has 2 unspecified atom stereocenters. The van der Waals surface area contributed by atoms with Crippen molar-refractivity contribution in [2.75, 3.05) is 41.0 Å². The van der Waals surface area contributed by atoms with Gasteiger partial charge in [0.05, 0.1) is 40.3 Å². The van der Waals surface area contributed by atoms with E-state index >= 15 is 0 Å². The monoisotopic (exact) mass is 868 g/mol. The normalized spacial score (nSPS) is 13.5. The largest absolute Gasteiger partial charge is 0.544 e. The molecule has 0 aliphatic carbocycles. The Hall–Kier alpha value is -3.23. The Balaban J connectivity index is 4.21. The highest BCUT2D eigenvalue weighted by molar-refractivity contribution is 5.70. The number of hydrogen-bond acceptors (Lipinski definition) is 7. The van der Waals surface area contributed by atoms with Crippen molar-refractivity contribution in [3.63, 3.8) is 0 Å². The van der Waals surface area contributed by atoms with Crippen LogP contribution in [0.2, 0.25) is 0 Å². The molecule has 0 fully saturated rings. The molecule has 0 aromatic rings. The fraction of sp³-hybridized carbons (Fsp3) is 0.722. The first kappa shape index (κ1) is 58.8. The first-order valence-electron chi connectivity index (χ1n) is 25.0. The third-order valence-corrected chi connectivity index (χ3v) is 10.9. The Kier molecular flexibility index (Phi) is 42.1. The van der Waals surface area contributed by atoms with E-state index in [-0.39, 0.29) is 42.7 Å². The lowest BCUT2D eigenvalue weighted by Crippen LogP contribution is -2.55. The second kappa shape index (κ2) is 44.4. The summed E-state index contributed by atoms with van der Waals surface area (Å²) in [6.45, 7) is 4.42. The second-order valence-corrected chi connectivity index (χ2v) is 17.7. The van der Waals surface area contributed by atoms with Crippen LogP contribution in [-0.2, 0) is 28.6 Å². The number of likely N-dealkylation sites (N-methyl/N-ethyl adjacent to an activating group) is 1. The molecule has 8 heteroatoms. The van der Waals surface area contributed by atoms with Crippen molar-refractivity contribution in [3.05, 3.63) is 72.9 Å². The van der Waals surface area contributed by atoms with E-state index in [0.29, 0.717) is 12.8 Å². The van der Waals surface area contributed by atoms with Crippen LogP contribution in [0.1, 0.15) is 200 Å². The number of hydrogen-bond donors (Lipinski definition) is 0. The smallest absolute Gasteiger partial charge is 0.306 e. The molecule has 0 N–H and O–H groups in total. The molecule has 0 radical (unpaired) electrons. The van der Waals surface area contributed by atoms with Gasteiger partial charge in [0.25, 0.3) is 0 Å². The fourth-order valence-corrected chi connectivity index (χ4v) is 7.09. The van der Waals surface area contributed by atoms with Gasteiger partial charge in [-0.15, -0.1) is 0 Å². The predicted octanol–water partition coefficient (Wildman–Crippen LogP) is 13.0. The van der Waals surface area contributed by atoms with Gasteiger partial charge < -0.3 is 28.6 Å². The van der Waals surface area contributed by atoms with Gasteiger partial charge in [-0.25, -0.2) is 0 Å². The minimum Gasteiger partial charge on any atom is -0.544 e. The lowest BCUT2D eigenvalue weighted by Gasteiger charge is -2.34. The van der Waals surface area contributed by atoms with E-state index in [1.807, 2.05) is 0 Å². The number of nitrogens with zero attached hydrogens (tertiary/aromatic N) is 1. The van der Waals surface area contributed by atoms with Gasteiger partial charge in [0, 0.05) is 19.3 Å². The Labute approximate surface area is 381 Å². The molecule has 0 bridgehead atoms. The Morgan fingerprint density at radius 1 is 0.500 bits per heavy atom. The first-order chi connectivity index (χ1) is 30.1. The Morgan fingerprint density at radius 2 is 0.935 bits per heavy atom. The van der Waals surface area contributed by atoms with E-state index in [0.717, 1.165) is 77.0 Å². The molecule has 62 heavy (non-hydrogen) atoms. The molecule has 0 heterocycles. The van der Waals surface area contributed by atoms with Crippen LogP contribution >= 0.6 is 0 Å². The van der Waals surface area contributed by atoms with Crippen molar-refractivity contribution in [1.29, 1.82) is 0 Å². The Morgan fingerprint density at radius 3 is 1.44 bits per heavy atom. The third kappa shape index (κ3) is 42.1. The molecule has 0 aromatic carbocycles. The van der Waals surface area contributed by atoms with Crippen LogP contribution in [0.5, 0.6) is 0 Å². The number of ether oxygens (including phenoxy) is 3. The quantitative estimate of drug-likeness (QED) is 0.0198. The van der Waals surface area contributed by atoms with Crippen molar-refractivity contribution in [2.24, 2.45) is 0 Å². The van der Waals surface area contributed by atoms with Gasteiger partial charge in [-0.2, -0.15) is 0 Å². The van der Waals surface area contributed by atoms with Crippen LogP contribution in [-0.4, -0.2) is 75.5 Å². The zero-order valence-corrected chi connectivity index (χ0v) is 40.5. The summed E-state index contributed by atoms with van der Waals surface area (Å²) < 4.78 is 17.2. The van der Waals surface area contributed by atoms with E-state index in [9.17, 15) is 19.5 Å². The van der Waals surface area contributed by atoms with E-state index in [1.165, 1.54) is 89.9 Å². The number of rotatable bonds is 44. The molecule has 0 aromatic heterocycles. The molecule has 0 rings (SSSR count). The van der Waals surface area contributed by atoms with Crippen molar-refractivity contribution < 1.29 is 38.2 Å². The minimum absolute atomic E-state index is 0.0333. The lowest BCUT2D eigenvalue weighted by atomic mass is 10.0. The first-order valence-corrected chi connectivity index (χ1v) is 25.0. The second-order valence-electron chi connectivity index (χ2n) is 17.7. The minimum atomic E-state index is -1.13. The summed E-state index contributed by atoms with van der Waals surface area (Å²) >= 11 is 0. The number of carboxylic acid groups (broad SMARTS) is 1. The van der Waals surface area contributed by atoms with Crippen LogP contribution in [0.3, 0.4) is 0 Å². The number of aliphatic carboxylic acids is 1. The van der Waals surface area contributed by atoms with Gasteiger partial charge in [-0.3, -0.25) is 9.59 Å². The molecule has 0 aliphatic heterocycles. The van der Waals surface area contributed by atoms with Crippen molar-refractivity contribution in [3.8, 4) is 0 Å². The van der Waals surface area contributed by atoms with E-state index < -0.39 is 18.1 Å². The highest BCUT2D eigenvalue weighted by Gasteiger charge is 2.25. The van der Waals surface area contributed by atoms with Crippen LogP contribution in [0.15, 0.2) is 72.9 Å². The fourth-order valence-electron chi connectivity index (χ4n) is 7.09. The summed E-state index contributed by atoms with van der Waals surface area (Å²) in [5, 5.41) is 11.7. The summed E-state index contributed by atoms with van der Waals surface area (Å²) in [6, 6.07) is -0.731. The van der Waals surface area contributed by atoms with Crippen molar-refractivity contribution in [2.45, 2.75) is 212 Å².